The van der Waals surface area contributed by atoms with Crippen LogP contribution in [0.3, 0.4) is 0 Å². The highest BCUT2D eigenvalue weighted by molar-refractivity contribution is 14.1. The molecule has 4 nitrogen and oxygen atoms in total. The van der Waals surface area contributed by atoms with Gasteiger partial charge in [-0.15, -0.1) is 10.2 Å². The van der Waals surface area contributed by atoms with Gasteiger partial charge in [0.15, 0.2) is 16.6 Å². The summed E-state index contributed by atoms with van der Waals surface area (Å²) in [5, 5.41) is 8.37. The Kier molecular flexibility index (Phi) is 2.86. The van der Waals surface area contributed by atoms with E-state index in [-0.39, 0.29) is 14.9 Å². The Morgan fingerprint density at radius 2 is 2.17 bits per heavy atom. The van der Waals surface area contributed by atoms with E-state index in [0.29, 0.717) is 11.2 Å². The largest absolute Gasteiger partial charge is 0.274 e. The summed E-state index contributed by atoms with van der Waals surface area (Å²) in [6.45, 7) is 2.00. The minimum atomic E-state index is -0.345. The van der Waals surface area contributed by atoms with E-state index >= 15 is 0 Å². The molecule has 3 rings (SSSR count). The summed E-state index contributed by atoms with van der Waals surface area (Å²) in [6, 6.07) is 4.40. The summed E-state index contributed by atoms with van der Waals surface area (Å²) >= 11 is 8.29. The van der Waals surface area contributed by atoms with Crippen molar-refractivity contribution in [1.82, 2.24) is 19.6 Å². The smallest absolute Gasteiger partial charge is 0.199 e. The van der Waals surface area contributed by atoms with Gasteiger partial charge in [0, 0.05) is 6.07 Å². The Hall–Kier alpha value is -1.02. The number of rotatable bonds is 1. The Balaban J connectivity index is 2.53. The zero-order valence-electron chi connectivity index (χ0n) is 9.23. The number of hydrogen-bond acceptors (Lipinski definition) is 3. The fourth-order valence-electron chi connectivity index (χ4n) is 1.86. The SMILES string of the molecule is CC(I)c1nnc2c(Cl)nc3cc(F)ccc3n12. The molecule has 0 amide bonds. The fourth-order valence-corrected chi connectivity index (χ4v) is 2.47. The van der Waals surface area contributed by atoms with E-state index in [2.05, 4.69) is 37.8 Å². The molecule has 2 aromatic heterocycles. The standard InChI is InChI=1S/C11H7ClFIN4/c1-5(14)10-16-17-11-9(12)15-7-4-6(13)2-3-8(7)18(10)11/h2-5H,1H3. The molecule has 1 aromatic carbocycles. The predicted molar refractivity (Wildman–Crippen MR) is 75.7 cm³/mol. The third-order valence-corrected chi connectivity index (χ3v) is 3.44. The van der Waals surface area contributed by atoms with Gasteiger partial charge < -0.3 is 0 Å². The van der Waals surface area contributed by atoms with E-state index in [9.17, 15) is 4.39 Å². The van der Waals surface area contributed by atoms with Gasteiger partial charge in [0.25, 0.3) is 0 Å². The fraction of sp³-hybridized carbons (Fsp3) is 0.182. The van der Waals surface area contributed by atoms with Crippen LogP contribution in [0.2, 0.25) is 5.15 Å². The van der Waals surface area contributed by atoms with Crippen LogP contribution in [0.5, 0.6) is 0 Å². The van der Waals surface area contributed by atoms with E-state index < -0.39 is 0 Å². The summed E-state index contributed by atoms with van der Waals surface area (Å²) in [7, 11) is 0. The van der Waals surface area contributed by atoms with Gasteiger partial charge >= 0.3 is 0 Å². The molecule has 0 N–H and O–H groups in total. The molecule has 0 aliphatic heterocycles. The molecule has 0 aliphatic carbocycles. The molecule has 0 spiro atoms. The van der Waals surface area contributed by atoms with Gasteiger partial charge in [0.1, 0.15) is 5.82 Å². The molecule has 1 unspecified atom stereocenters. The maximum absolute atomic E-state index is 13.2. The summed E-state index contributed by atoms with van der Waals surface area (Å²) in [5.74, 6) is 0.425. The summed E-state index contributed by atoms with van der Waals surface area (Å²) in [6.07, 6.45) is 0. The van der Waals surface area contributed by atoms with E-state index in [4.69, 9.17) is 11.6 Å². The molecule has 2 heterocycles. The van der Waals surface area contributed by atoms with Crippen LogP contribution in [0, 0.1) is 5.82 Å². The first-order valence-corrected chi connectivity index (χ1v) is 6.84. The Morgan fingerprint density at radius 1 is 1.39 bits per heavy atom. The molecule has 0 bridgehead atoms. The van der Waals surface area contributed by atoms with Crippen LogP contribution in [0.25, 0.3) is 16.7 Å². The highest BCUT2D eigenvalue weighted by Crippen LogP contribution is 2.27. The normalized spacial score (nSPS) is 13.3. The number of halogens is 3. The minimum absolute atomic E-state index is 0.157. The number of hydrogen-bond donors (Lipinski definition) is 0. The number of alkyl halides is 1. The van der Waals surface area contributed by atoms with Crippen molar-refractivity contribution in [3.05, 3.63) is 35.0 Å². The number of aromatic nitrogens is 4. The first-order chi connectivity index (χ1) is 8.58. The molecule has 18 heavy (non-hydrogen) atoms. The second-order valence-corrected chi connectivity index (χ2v) is 6.10. The lowest BCUT2D eigenvalue weighted by Gasteiger charge is -2.06. The maximum Gasteiger partial charge on any atom is 0.199 e. The van der Waals surface area contributed by atoms with Crippen LogP contribution in [-0.4, -0.2) is 19.6 Å². The highest BCUT2D eigenvalue weighted by Gasteiger charge is 2.16. The van der Waals surface area contributed by atoms with Gasteiger partial charge in [-0.1, -0.05) is 34.2 Å². The maximum atomic E-state index is 13.2. The summed E-state index contributed by atoms with van der Waals surface area (Å²) < 4.78 is 15.2. The first kappa shape index (κ1) is 12.0. The molecule has 0 saturated carbocycles. The Bertz CT molecular complexity index is 755. The molecule has 0 radical (unpaired) electrons. The Labute approximate surface area is 120 Å². The lowest BCUT2D eigenvalue weighted by Crippen LogP contribution is -1.99. The van der Waals surface area contributed by atoms with Crippen molar-refractivity contribution in [1.29, 1.82) is 0 Å². The van der Waals surface area contributed by atoms with Gasteiger partial charge in [-0.25, -0.2) is 9.37 Å². The van der Waals surface area contributed by atoms with E-state index in [1.54, 1.807) is 6.07 Å². The van der Waals surface area contributed by atoms with Crippen molar-refractivity contribution in [2.75, 3.05) is 0 Å². The molecule has 0 saturated heterocycles. The lowest BCUT2D eigenvalue weighted by atomic mass is 10.3. The predicted octanol–water partition coefficient (Wildman–Crippen LogP) is 3.57. The minimum Gasteiger partial charge on any atom is -0.274 e. The Morgan fingerprint density at radius 3 is 2.89 bits per heavy atom. The van der Waals surface area contributed by atoms with Crippen molar-refractivity contribution in [3.63, 3.8) is 0 Å². The highest BCUT2D eigenvalue weighted by atomic mass is 127. The number of fused-ring (bicyclic) bond motifs is 3. The monoisotopic (exact) mass is 376 g/mol. The van der Waals surface area contributed by atoms with Gasteiger partial charge in [0.05, 0.1) is 15.0 Å². The van der Waals surface area contributed by atoms with Gasteiger partial charge in [-0.05, 0) is 19.1 Å². The van der Waals surface area contributed by atoms with Gasteiger partial charge in [-0.3, -0.25) is 4.40 Å². The molecule has 7 heteroatoms. The second kappa shape index (κ2) is 4.27. The van der Waals surface area contributed by atoms with Crippen LogP contribution < -0.4 is 0 Å². The first-order valence-electron chi connectivity index (χ1n) is 5.22. The van der Waals surface area contributed by atoms with Crippen molar-refractivity contribution >= 4 is 50.9 Å². The van der Waals surface area contributed by atoms with Gasteiger partial charge in [-0.2, -0.15) is 0 Å². The van der Waals surface area contributed by atoms with Crippen molar-refractivity contribution in [3.8, 4) is 0 Å². The number of nitrogens with zero attached hydrogens (tertiary/aromatic N) is 4. The molecule has 0 aliphatic rings. The lowest BCUT2D eigenvalue weighted by molar-refractivity contribution is 0.629. The average Bonchev–Trinajstić information content (AvgIpc) is 2.74. The van der Waals surface area contributed by atoms with E-state index in [0.717, 1.165) is 11.3 Å². The van der Waals surface area contributed by atoms with E-state index in [1.165, 1.54) is 12.1 Å². The molecular weight excluding hydrogens is 370 g/mol. The quantitative estimate of drug-likeness (QED) is 0.482. The third kappa shape index (κ3) is 1.74. The van der Waals surface area contributed by atoms with Crippen molar-refractivity contribution < 1.29 is 4.39 Å². The van der Waals surface area contributed by atoms with Crippen molar-refractivity contribution in [2.45, 2.75) is 10.8 Å². The van der Waals surface area contributed by atoms with Crippen LogP contribution in [0.4, 0.5) is 4.39 Å². The molecule has 3 aromatic rings. The third-order valence-electron chi connectivity index (χ3n) is 2.63. The zero-order valence-corrected chi connectivity index (χ0v) is 12.1. The molecule has 1 atom stereocenters. The van der Waals surface area contributed by atoms with Gasteiger partial charge in [0.2, 0.25) is 0 Å². The number of benzene rings is 1. The van der Waals surface area contributed by atoms with Crippen LogP contribution >= 0.6 is 34.2 Å². The molecule has 92 valence electrons. The summed E-state index contributed by atoms with van der Waals surface area (Å²) in [5.41, 5.74) is 1.74. The average molecular weight is 377 g/mol. The van der Waals surface area contributed by atoms with Crippen molar-refractivity contribution in [2.24, 2.45) is 0 Å². The second-order valence-electron chi connectivity index (χ2n) is 3.87. The molecular formula is C11H7ClFIN4. The van der Waals surface area contributed by atoms with Crippen LogP contribution in [0.15, 0.2) is 18.2 Å². The van der Waals surface area contributed by atoms with Crippen LogP contribution in [-0.2, 0) is 0 Å². The van der Waals surface area contributed by atoms with E-state index in [1.807, 2.05) is 11.3 Å². The summed E-state index contributed by atoms with van der Waals surface area (Å²) in [4.78, 5) is 4.14. The zero-order chi connectivity index (χ0) is 12.9. The topological polar surface area (TPSA) is 43.1 Å². The van der Waals surface area contributed by atoms with Crippen LogP contribution in [0.1, 0.15) is 16.7 Å². The molecule has 0 fully saturated rings.